The molecule has 2 N–H and O–H groups in total. The van der Waals surface area contributed by atoms with Crippen molar-refractivity contribution in [1.82, 2.24) is 10.3 Å². The average Bonchev–Trinajstić information content (AvgIpc) is 2.32. The van der Waals surface area contributed by atoms with Crippen molar-refractivity contribution < 1.29 is 9.53 Å². The molecule has 20 heavy (non-hydrogen) atoms. The van der Waals surface area contributed by atoms with Crippen LogP contribution in [0.2, 0.25) is 0 Å². The molecule has 1 aliphatic heterocycles. The number of halogens is 1. The van der Waals surface area contributed by atoms with Gasteiger partial charge >= 0.3 is 6.03 Å². The number of ether oxygens (including phenoxy) is 1. The molecule has 0 spiro atoms. The standard InChI is InChI=1S/C14H20BrN3O2/c1-8-6-11(7-9(2)20-8)17-14(19)18-13-5-4-12(15)10(3)16-13/h4-5,8-9,11H,6-7H2,1-3H3,(H2,16,17,18,19). The van der Waals surface area contributed by atoms with Gasteiger partial charge in [-0.1, -0.05) is 0 Å². The van der Waals surface area contributed by atoms with E-state index in [1.807, 2.05) is 26.8 Å². The van der Waals surface area contributed by atoms with Crippen LogP contribution in [0, 0.1) is 6.92 Å². The molecule has 1 fully saturated rings. The summed E-state index contributed by atoms with van der Waals surface area (Å²) < 4.78 is 6.58. The molecular formula is C14H20BrN3O2. The lowest BCUT2D eigenvalue weighted by atomic mass is 10.0. The summed E-state index contributed by atoms with van der Waals surface area (Å²) in [7, 11) is 0. The number of amides is 2. The molecule has 2 atom stereocenters. The van der Waals surface area contributed by atoms with Crippen molar-refractivity contribution in [2.45, 2.75) is 51.9 Å². The third kappa shape index (κ3) is 4.18. The van der Waals surface area contributed by atoms with E-state index >= 15 is 0 Å². The lowest BCUT2D eigenvalue weighted by Crippen LogP contribution is -2.45. The van der Waals surface area contributed by atoms with Gasteiger partial charge in [-0.3, -0.25) is 5.32 Å². The molecule has 5 nitrogen and oxygen atoms in total. The van der Waals surface area contributed by atoms with E-state index in [0.29, 0.717) is 5.82 Å². The van der Waals surface area contributed by atoms with Gasteiger partial charge in [-0.15, -0.1) is 0 Å². The fraction of sp³-hybridized carbons (Fsp3) is 0.571. The summed E-state index contributed by atoms with van der Waals surface area (Å²) in [5.41, 5.74) is 0.844. The highest BCUT2D eigenvalue weighted by Gasteiger charge is 2.25. The summed E-state index contributed by atoms with van der Waals surface area (Å²) in [5.74, 6) is 0.552. The first kappa shape index (κ1) is 15.3. The van der Waals surface area contributed by atoms with Gasteiger partial charge in [0.2, 0.25) is 0 Å². The molecule has 0 radical (unpaired) electrons. The van der Waals surface area contributed by atoms with Crippen LogP contribution in [0.25, 0.3) is 0 Å². The Kier molecular flexibility index (Phi) is 4.99. The first-order valence-electron chi connectivity index (χ1n) is 6.80. The lowest BCUT2D eigenvalue weighted by Gasteiger charge is -2.32. The number of rotatable bonds is 2. The molecule has 0 aliphatic carbocycles. The molecule has 0 saturated carbocycles. The van der Waals surface area contributed by atoms with E-state index in [4.69, 9.17) is 4.74 Å². The largest absolute Gasteiger partial charge is 0.375 e. The van der Waals surface area contributed by atoms with Gasteiger partial charge in [0, 0.05) is 10.5 Å². The number of carbonyl (C=O) groups is 1. The van der Waals surface area contributed by atoms with E-state index in [1.165, 1.54) is 0 Å². The summed E-state index contributed by atoms with van der Waals surface area (Å²) in [6.45, 7) is 5.94. The number of hydrogen-bond acceptors (Lipinski definition) is 3. The van der Waals surface area contributed by atoms with Gasteiger partial charge in [0.05, 0.1) is 17.9 Å². The first-order valence-corrected chi connectivity index (χ1v) is 7.59. The summed E-state index contributed by atoms with van der Waals surface area (Å²) in [6.07, 6.45) is 2.03. The van der Waals surface area contributed by atoms with Crippen LogP contribution in [0.5, 0.6) is 0 Å². The van der Waals surface area contributed by atoms with E-state index in [1.54, 1.807) is 6.07 Å². The first-order chi connectivity index (χ1) is 9.44. The highest BCUT2D eigenvalue weighted by molar-refractivity contribution is 9.10. The second kappa shape index (κ2) is 6.54. The van der Waals surface area contributed by atoms with Crippen LogP contribution in [0.3, 0.4) is 0 Å². The van der Waals surface area contributed by atoms with Crippen molar-refractivity contribution in [2.24, 2.45) is 0 Å². The monoisotopic (exact) mass is 341 g/mol. The Bertz CT molecular complexity index is 485. The molecule has 6 heteroatoms. The predicted molar refractivity (Wildman–Crippen MR) is 81.9 cm³/mol. The average molecular weight is 342 g/mol. The summed E-state index contributed by atoms with van der Waals surface area (Å²) in [5, 5.41) is 5.74. The van der Waals surface area contributed by atoms with Crippen molar-refractivity contribution >= 4 is 27.8 Å². The molecule has 1 aliphatic rings. The van der Waals surface area contributed by atoms with Crippen LogP contribution in [0.15, 0.2) is 16.6 Å². The molecule has 2 amide bonds. The number of anilines is 1. The number of urea groups is 1. The smallest absolute Gasteiger partial charge is 0.320 e. The van der Waals surface area contributed by atoms with E-state index in [2.05, 4.69) is 31.5 Å². The zero-order valence-electron chi connectivity index (χ0n) is 11.9. The Morgan fingerprint density at radius 3 is 2.60 bits per heavy atom. The minimum atomic E-state index is -0.217. The zero-order chi connectivity index (χ0) is 14.7. The van der Waals surface area contributed by atoms with Crippen molar-refractivity contribution in [1.29, 1.82) is 0 Å². The molecule has 1 saturated heterocycles. The molecule has 0 aromatic carbocycles. The molecule has 1 aromatic rings. The Hall–Kier alpha value is -1.14. The van der Waals surface area contributed by atoms with Crippen molar-refractivity contribution in [3.8, 4) is 0 Å². The van der Waals surface area contributed by atoms with E-state index in [9.17, 15) is 4.79 Å². The maximum absolute atomic E-state index is 12.0. The van der Waals surface area contributed by atoms with Gasteiger partial charge in [0.1, 0.15) is 5.82 Å². The molecule has 1 aromatic heterocycles. The molecular weight excluding hydrogens is 322 g/mol. The maximum atomic E-state index is 12.0. The van der Waals surface area contributed by atoms with Gasteiger partial charge in [-0.2, -0.15) is 0 Å². The molecule has 0 bridgehead atoms. The molecule has 110 valence electrons. The fourth-order valence-corrected chi connectivity index (χ4v) is 2.70. The van der Waals surface area contributed by atoms with E-state index in [0.717, 1.165) is 23.0 Å². The topological polar surface area (TPSA) is 63.2 Å². The van der Waals surface area contributed by atoms with Gasteiger partial charge in [-0.05, 0) is 61.7 Å². The van der Waals surface area contributed by atoms with Crippen LogP contribution < -0.4 is 10.6 Å². The molecule has 2 rings (SSSR count). The number of carbonyl (C=O) groups excluding carboxylic acids is 1. The highest BCUT2D eigenvalue weighted by atomic mass is 79.9. The summed E-state index contributed by atoms with van der Waals surface area (Å²) >= 11 is 3.38. The van der Waals surface area contributed by atoms with E-state index < -0.39 is 0 Å². The van der Waals surface area contributed by atoms with Gasteiger partial charge in [0.15, 0.2) is 0 Å². The maximum Gasteiger partial charge on any atom is 0.320 e. The summed E-state index contributed by atoms with van der Waals surface area (Å²) in [4.78, 5) is 16.3. The third-order valence-corrected chi connectivity index (χ3v) is 4.13. The van der Waals surface area contributed by atoms with Crippen LogP contribution in [-0.4, -0.2) is 29.3 Å². The fourth-order valence-electron chi connectivity index (χ4n) is 2.47. The second-order valence-electron chi connectivity index (χ2n) is 5.29. The number of aryl methyl sites for hydroxylation is 1. The number of aromatic nitrogens is 1. The Labute approximate surface area is 127 Å². The van der Waals surface area contributed by atoms with Crippen LogP contribution in [0.1, 0.15) is 32.4 Å². The Morgan fingerprint density at radius 1 is 1.35 bits per heavy atom. The minimum absolute atomic E-state index is 0.144. The number of hydrogen-bond donors (Lipinski definition) is 2. The number of pyridine rings is 1. The van der Waals surface area contributed by atoms with Crippen LogP contribution in [0.4, 0.5) is 10.6 Å². The lowest BCUT2D eigenvalue weighted by molar-refractivity contribution is -0.0400. The summed E-state index contributed by atoms with van der Waals surface area (Å²) in [6, 6.07) is 3.57. The predicted octanol–water partition coefficient (Wildman–Crippen LogP) is 3.23. The van der Waals surface area contributed by atoms with Gasteiger partial charge < -0.3 is 10.1 Å². The molecule has 2 unspecified atom stereocenters. The van der Waals surface area contributed by atoms with Crippen molar-refractivity contribution in [3.05, 3.63) is 22.3 Å². The van der Waals surface area contributed by atoms with Crippen LogP contribution >= 0.6 is 15.9 Å². The second-order valence-corrected chi connectivity index (χ2v) is 6.14. The third-order valence-electron chi connectivity index (χ3n) is 3.30. The normalized spacial score (nSPS) is 26.1. The highest BCUT2D eigenvalue weighted by Crippen LogP contribution is 2.19. The van der Waals surface area contributed by atoms with Crippen LogP contribution in [-0.2, 0) is 4.74 Å². The zero-order valence-corrected chi connectivity index (χ0v) is 13.5. The Morgan fingerprint density at radius 2 is 2.00 bits per heavy atom. The van der Waals surface area contributed by atoms with Gasteiger partial charge in [-0.25, -0.2) is 9.78 Å². The van der Waals surface area contributed by atoms with Gasteiger partial charge in [0.25, 0.3) is 0 Å². The van der Waals surface area contributed by atoms with E-state index in [-0.39, 0.29) is 24.3 Å². The molecule has 2 heterocycles. The Balaban J connectivity index is 1.90. The van der Waals surface area contributed by atoms with Crippen molar-refractivity contribution in [2.75, 3.05) is 5.32 Å². The number of nitrogens with one attached hydrogen (secondary N) is 2. The van der Waals surface area contributed by atoms with Crippen molar-refractivity contribution in [3.63, 3.8) is 0 Å². The quantitative estimate of drug-likeness (QED) is 0.867. The minimum Gasteiger partial charge on any atom is -0.375 e. The number of nitrogens with zero attached hydrogens (tertiary/aromatic N) is 1. The SMILES string of the molecule is Cc1nc(NC(=O)NC2CC(C)OC(C)C2)ccc1Br.